The number of carbonyl (C=O) groups is 1. The molecule has 1 saturated heterocycles. The molecule has 0 N–H and O–H groups in total. The second kappa shape index (κ2) is 8.19. The van der Waals surface area contributed by atoms with Crippen LogP contribution in [0.15, 0.2) is 18.2 Å². The van der Waals surface area contributed by atoms with E-state index in [4.69, 9.17) is 4.74 Å². The summed E-state index contributed by atoms with van der Waals surface area (Å²) in [6.45, 7) is 7.54. The molecule has 0 saturated carbocycles. The molecule has 2 rings (SSSR count). The zero-order valence-corrected chi connectivity index (χ0v) is 16.3. The number of benzene rings is 1. The van der Waals surface area contributed by atoms with E-state index in [2.05, 4.69) is 13.8 Å². The number of hydrogen-bond donors (Lipinski definition) is 0. The van der Waals surface area contributed by atoms with E-state index >= 15 is 0 Å². The normalized spacial score (nSPS) is 16.3. The van der Waals surface area contributed by atoms with Crippen LogP contribution in [0, 0.1) is 0 Å². The van der Waals surface area contributed by atoms with Gasteiger partial charge in [-0.05, 0) is 36.1 Å². The number of sulfonamides is 1. The summed E-state index contributed by atoms with van der Waals surface area (Å²) >= 11 is 0. The van der Waals surface area contributed by atoms with Crippen molar-refractivity contribution in [3.8, 4) is 5.75 Å². The van der Waals surface area contributed by atoms with Crippen molar-refractivity contribution in [1.82, 2.24) is 9.21 Å². The second-order valence-corrected chi connectivity index (χ2v) is 8.71. The maximum atomic E-state index is 12.8. The lowest BCUT2D eigenvalue weighted by molar-refractivity contribution is 0.0697. The molecular formula is C18H28N2O4S. The zero-order chi connectivity index (χ0) is 18.6. The molecule has 0 radical (unpaired) electrons. The van der Waals surface area contributed by atoms with Gasteiger partial charge in [0.2, 0.25) is 10.0 Å². The van der Waals surface area contributed by atoms with Crippen molar-refractivity contribution in [2.24, 2.45) is 0 Å². The van der Waals surface area contributed by atoms with Crippen molar-refractivity contribution in [2.45, 2.75) is 33.1 Å². The Morgan fingerprint density at radius 2 is 1.84 bits per heavy atom. The molecular weight excluding hydrogens is 340 g/mol. The molecule has 1 aliphatic heterocycles. The lowest BCUT2D eigenvalue weighted by Crippen LogP contribution is -2.51. The predicted octanol–water partition coefficient (Wildman–Crippen LogP) is 2.32. The van der Waals surface area contributed by atoms with E-state index in [1.54, 1.807) is 18.1 Å². The number of ether oxygens (including phenoxy) is 1. The number of hydrogen-bond acceptors (Lipinski definition) is 4. The standard InChI is InChI=1S/C18H28N2O4S/c1-5-12-25(22,23)20-10-8-19(9-11-20)18(21)15-6-7-17(24-4)16(13-15)14(2)3/h6-7,13-14H,5,8-12H2,1-4H3. The van der Waals surface area contributed by atoms with E-state index in [0.29, 0.717) is 38.2 Å². The molecule has 25 heavy (non-hydrogen) atoms. The smallest absolute Gasteiger partial charge is 0.253 e. The molecule has 0 aliphatic carbocycles. The van der Waals surface area contributed by atoms with Crippen LogP contribution in [-0.4, -0.2) is 62.6 Å². The van der Waals surface area contributed by atoms with Gasteiger partial charge >= 0.3 is 0 Å². The third-order valence-electron chi connectivity index (χ3n) is 4.48. The van der Waals surface area contributed by atoms with Gasteiger partial charge in [-0.2, -0.15) is 4.31 Å². The van der Waals surface area contributed by atoms with E-state index in [0.717, 1.165) is 11.3 Å². The van der Waals surface area contributed by atoms with Gasteiger partial charge in [-0.15, -0.1) is 0 Å². The molecule has 1 aromatic carbocycles. The Labute approximate surface area is 150 Å². The zero-order valence-electron chi connectivity index (χ0n) is 15.5. The van der Waals surface area contributed by atoms with Crippen molar-refractivity contribution in [2.75, 3.05) is 39.0 Å². The largest absolute Gasteiger partial charge is 0.496 e. The summed E-state index contributed by atoms with van der Waals surface area (Å²) in [5.74, 6) is 1.13. The fourth-order valence-electron chi connectivity index (χ4n) is 3.06. The van der Waals surface area contributed by atoms with Crippen molar-refractivity contribution in [3.63, 3.8) is 0 Å². The van der Waals surface area contributed by atoms with Crippen LogP contribution in [0.5, 0.6) is 5.75 Å². The Bertz CT molecular complexity index is 708. The van der Waals surface area contributed by atoms with Crippen LogP contribution in [0.25, 0.3) is 0 Å². The van der Waals surface area contributed by atoms with Crippen LogP contribution in [-0.2, 0) is 10.0 Å². The van der Waals surface area contributed by atoms with Gasteiger partial charge in [-0.1, -0.05) is 20.8 Å². The van der Waals surface area contributed by atoms with Crippen LogP contribution in [0.4, 0.5) is 0 Å². The molecule has 7 heteroatoms. The lowest BCUT2D eigenvalue weighted by Gasteiger charge is -2.34. The molecule has 0 atom stereocenters. The molecule has 140 valence electrons. The highest BCUT2D eigenvalue weighted by Crippen LogP contribution is 2.28. The van der Waals surface area contributed by atoms with Crippen molar-refractivity contribution in [1.29, 1.82) is 0 Å². The first kappa shape index (κ1) is 19.7. The summed E-state index contributed by atoms with van der Waals surface area (Å²) in [5, 5.41) is 0. The van der Waals surface area contributed by atoms with Crippen LogP contribution in [0.1, 0.15) is 49.0 Å². The van der Waals surface area contributed by atoms with Gasteiger partial charge in [-0.3, -0.25) is 4.79 Å². The third kappa shape index (κ3) is 4.52. The van der Waals surface area contributed by atoms with Gasteiger partial charge < -0.3 is 9.64 Å². The van der Waals surface area contributed by atoms with Crippen molar-refractivity contribution in [3.05, 3.63) is 29.3 Å². The van der Waals surface area contributed by atoms with E-state index in [1.165, 1.54) is 4.31 Å². The number of methoxy groups -OCH3 is 1. The Morgan fingerprint density at radius 1 is 1.20 bits per heavy atom. The van der Waals surface area contributed by atoms with Gasteiger partial charge in [0, 0.05) is 31.7 Å². The van der Waals surface area contributed by atoms with E-state index in [-0.39, 0.29) is 17.6 Å². The quantitative estimate of drug-likeness (QED) is 0.773. The summed E-state index contributed by atoms with van der Waals surface area (Å²) < 4.78 is 31.1. The number of rotatable bonds is 6. The molecule has 1 amide bonds. The SMILES string of the molecule is CCCS(=O)(=O)N1CCN(C(=O)c2ccc(OC)c(C(C)C)c2)CC1. The van der Waals surface area contributed by atoms with Gasteiger partial charge in [0.1, 0.15) is 5.75 Å². The van der Waals surface area contributed by atoms with E-state index < -0.39 is 10.0 Å². The number of nitrogens with zero attached hydrogens (tertiary/aromatic N) is 2. The molecule has 0 unspecified atom stereocenters. The first-order chi connectivity index (χ1) is 11.8. The fourth-order valence-corrected chi connectivity index (χ4v) is 4.55. The average Bonchev–Trinajstić information content (AvgIpc) is 2.60. The minimum atomic E-state index is -3.20. The molecule has 6 nitrogen and oxygen atoms in total. The van der Waals surface area contributed by atoms with E-state index in [1.807, 2.05) is 19.1 Å². The predicted molar refractivity (Wildman–Crippen MR) is 98.6 cm³/mol. The second-order valence-electron chi connectivity index (χ2n) is 6.62. The third-order valence-corrected chi connectivity index (χ3v) is 6.56. The maximum absolute atomic E-state index is 12.8. The van der Waals surface area contributed by atoms with E-state index in [9.17, 15) is 13.2 Å². The molecule has 1 aliphatic rings. The number of amides is 1. The summed E-state index contributed by atoms with van der Waals surface area (Å²) in [4.78, 5) is 14.5. The van der Waals surface area contributed by atoms with Crippen LogP contribution in [0.2, 0.25) is 0 Å². The molecule has 1 fully saturated rings. The minimum absolute atomic E-state index is 0.0582. The summed E-state index contributed by atoms with van der Waals surface area (Å²) in [6.07, 6.45) is 0.602. The van der Waals surface area contributed by atoms with Gasteiger partial charge in [0.25, 0.3) is 5.91 Å². The van der Waals surface area contributed by atoms with Gasteiger partial charge in [0.15, 0.2) is 0 Å². The number of piperazine rings is 1. The first-order valence-electron chi connectivity index (χ1n) is 8.75. The minimum Gasteiger partial charge on any atom is -0.496 e. The molecule has 0 aromatic heterocycles. The van der Waals surface area contributed by atoms with Gasteiger partial charge in [-0.25, -0.2) is 8.42 Å². The molecule has 1 heterocycles. The van der Waals surface area contributed by atoms with Crippen LogP contribution < -0.4 is 4.74 Å². The fraction of sp³-hybridized carbons (Fsp3) is 0.611. The van der Waals surface area contributed by atoms with Crippen LogP contribution in [0.3, 0.4) is 0 Å². The highest BCUT2D eigenvalue weighted by molar-refractivity contribution is 7.89. The maximum Gasteiger partial charge on any atom is 0.253 e. The summed E-state index contributed by atoms with van der Waals surface area (Å²) in [6, 6.07) is 5.48. The topological polar surface area (TPSA) is 66.9 Å². The Kier molecular flexibility index (Phi) is 6.46. The summed E-state index contributed by atoms with van der Waals surface area (Å²) in [7, 11) is -1.57. The van der Waals surface area contributed by atoms with Crippen molar-refractivity contribution >= 4 is 15.9 Å². The monoisotopic (exact) mass is 368 g/mol. The van der Waals surface area contributed by atoms with Crippen molar-refractivity contribution < 1.29 is 17.9 Å². The van der Waals surface area contributed by atoms with Crippen LogP contribution >= 0.6 is 0 Å². The highest BCUT2D eigenvalue weighted by atomic mass is 32.2. The average molecular weight is 368 g/mol. The first-order valence-corrected chi connectivity index (χ1v) is 10.4. The Balaban J connectivity index is 2.09. The Morgan fingerprint density at radius 3 is 2.36 bits per heavy atom. The van der Waals surface area contributed by atoms with Gasteiger partial charge in [0.05, 0.1) is 12.9 Å². The Hall–Kier alpha value is -1.60. The highest BCUT2D eigenvalue weighted by Gasteiger charge is 2.28. The summed E-state index contributed by atoms with van der Waals surface area (Å²) in [5.41, 5.74) is 1.62. The number of carbonyl (C=O) groups excluding carboxylic acids is 1. The molecule has 1 aromatic rings. The lowest BCUT2D eigenvalue weighted by atomic mass is 9.99. The molecule has 0 bridgehead atoms. The molecule has 0 spiro atoms.